The van der Waals surface area contributed by atoms with Crippen molar-refractivity contribution in [3.63, 3.8) is 0 Å². The molecule has 0 aliphatic carbocycles. The molecule has 0 saturated heterocycles. The molecule has 0 saturated carbocycles. The number of carboxylic acid groups (broad SMARTS) is 1. The van der Waals surface area contributed by atoms with Gasteiger partial charge in [-0.05, 0) is 42.0 Å². The van der Waals surface area contributed by atoms with Crippen LogP contribution in [0.15, 0.2) is 53.5 Å². The zero-order chi connectivity index (χ0) is 13.7. The molecule has 0 fully saturated rings. The number of ether oxygens (including phenoxy) is 1. The molecule has 0 amide bonds. The molecule has 0 radical (unpaired) electrons. The fourth-order valence-corrected chi connectivity index (χ4v) is 1.56. The van der Waals surface area contributed by atoms with Gasteiger partial charge in [0.1, 0.15) is 5.75 Å². The van der Waals surface area contributed by atoms with E-state index in [4.69, 9.17) is 9.84 Å². The van der Waals surface area contributed by atoms with E-state index in [9.17, 15) is 4.79 Å². The zero-order valence-electron chi connectivity index (χ0n) is 10.4. The summed E-state index contributed by atoms with van der Waals surface area (Å²) in [5.74, 6) is -0.173. The Bertz CT molecular complexity index is 603. The van der Waals surface area contributed by atoms with E-state index < -0.39 is 5.97 Å². The summed E-state index contributed by atoms with van der Waals surface area (Å²) in [7, 11) is 1.61. The molecule has 4 nitrogen and oxygen atoms in total. The first kappa shape index (κ1) is 12.8. The summed E-state index contributed by atoms with van der Waals surface area (Å²) in [6.07, 6.45) is 1.71. The van der Waals surface area contributed by atoms with Crippen molar-refractivity contribution >= 4 is 17.9 Å². The van der Waals surface area contributed by atoms with E-state index in [1.54, 1.807) is 25.5 Å². The molecular weight excluding hydrogens is 242 g/mol. The first-order valence-electron chi connectivity index (χ1n) is 5.70. The van der Waals surface area contributed by atoms with Gasteiger partial charge in [-0.2, -0.15) is 0 Å². The van der Waals surface area contributed by atoms with Crippen LogP contribution in [0, 0.1) is 0 Å². The predicted octanol–water partition coefficient (Wildman–Crippen LogP) is 3.14. The highest BCUT2D eigenvalue weighted by Gasteiger charge is 2.00. The number of aliphatic imine (C=N–C) groups is 1. The van der Waals surface area contributed by atoms with Gasteiger partial charge >= 0.3 is 5.97 Å². The second-order valence-corrected chi connectivity index (χ2v) is 3.89. The Morgan fingerprint density at radius 1 is 1.21 bits per heavy atom. The fourth-order valence-electron chi connectivity index (χ4n) is 1.56. The third-order valence-electron chi connectivity index (χ3n) is 2.57. The Kier molecular flexibility index (Phi) is 3.93. The highest BCUT2D eigenvalue weighted by atomic mass is 16.5. The van der Waals surface area contributed by atoms with Gasteiger partial charge in [-0.25, -0.2) is 4.79 Å². The molecule has 2 rings (SSSR count). The smallest absolute Gasteiger partial charge is 0.335 e. The van der Waals surface area contributed by atoms with E-state index in [-0.39, 0.29) is 5.56 Å². The maximum absolute atomic E-state index is 10.7. The number of carbonyl (C=O) groups is 1. The number of hydrogen-bond donors (Lipinski definition) is 1. The molecule has 96 valence electrons. The lowest BCUT2D eigenvalue weighted by Crippen LogP contribution is -1.94. The van der Waals surface area contributed by atoms with Gasteiger partial charge in [-0.3, -0.25) is 4.99 Å². The van der Waals surface area contributed by atoms with Crippen molar-refractivity contribution in [1.82, 2.24) is 0 Å². The lowest BCUT2D eigenvalue weighted by molar-refractivity contribution is 0.0697. The van der Waals surface area contributed by atoms with Gasteiger partial charge < -0.3 is 9.84 Å². The monoisotopic (exact) mass is 255 g/mol. The molecule has 0 spiro atoms. The maximum Gasteiger partial charge on any atom is 0.335 e. The zero-order valence-corrected chi connectivity index (χ0v) is 10.4. The lowest BCUT2D eigenvalue weighted by Gasteiger charge is -2.00. The van der Waals surface area contributed by atoms with Crippen LogP contribution in [0.4, 0.5) is 5.69 Å². The molecular formula is C15H13NO3. The van der Waals surface area contributed by atoms with Gasteiger partial charge in [0, 0.05) is 6.21 Å². The standard InChI is InChI=1S/C15H13NO3/c1-19-14-4-2-3-11(9-14)10-16-13-7-5-12(6-8-13)15(17)18/h2-10H,1H3,(H,17,18). The average Bonchev–Trinajstić information content (AvgIpc) is 2.46. The van der Waals surface area contributed by atoms with Crippen LogP contribution in [0.5, 0.6) is 5.75 Å². The van der Waals surface area contributed by atoms with Gasteiger partial charge in [-0.15, -0.1) is 0 Å². The molecule has 2 aromatic rings. The van der Waals surface area contributed by atoms with Gasteiger partial charge in [0.25, 0.3) is 0 Å². The Balaban J connectivity index is 2.15. The van der Waals surface area contributed by atoms with Crippen LogP contribution in [0.3, 0.4) is 0 Å². The topological polar surface area (TPSA) is 58.9 Å². The first-order chi connectivity index (χ1) is 9.19. The minimum Gasteiger partial charge on any atom is -0.497 e. The van der Waals surface area contributed by atoms with E-state index in [0.717, 1.165) is 11.3 Å². The SMILES string of the molecule is COc1cccc(C=Nc2ccc(C(=O)O)cc2)c1. The first-order valence-corrected chi connectivity index (χ1v) is 5.70. The summed E-state index contributed by atoms with van der Waals surface area (Å²) in [5.41, 5.74) is 1.87. The predicted molar refractivity (Wildman–Crippen MR) is 73.6 cm³/mol. The molecule has 1 N–H and O–H groups in total. The van der Waals surface area contributed by atoms with Gasteiger partial charge in [0.15, 0.2) is 0 Å². The molecule has 19 heavy (non-hydrogen) atoms. The number of aromatic carboxylic acids is 1. The van der Waals surface area contributed by atoms with Crippen molar-refractivity contribution in [3.05, 3.63) is 59.7 Å². The minimum atomic E-state index is -0.941. The van der Waals surface area contributed by atoms with E-state index in [2.05, 4.69) is 4.99 Å². The van der Waals surface area contributed by atoms with E-state index >= 15 is 0 Å². The summed E-state index contributed by atoms with van der Waals surface area (Å²) >= 11 is 0. The number of rotatable bonds is 4. The fraction of sp³-hybridized carbons (Fsp3) is 0.0667. The Labute approximate surface area is 111 Å². The summed E-state index contributed by atoms with van der Waals surface area (Å²) in [5, 5.41) is 8.79. The molecule has 0 bridgehead atoms. The van der Waals surface area contributed by atoms with Crippen molar-refractivity contribution in [2.24, 2.45) is 4.99 Å². The van der Waals surface area contributed by atoms with E-state index in [1.165, 1.54) is 12.1 Å². The average molecular weight is 255 g/mol. The third-order valence-corrected chi connectivity index (χ3v) is 2.57. The number of benzene rings is 2. The summed E-state index contributed by atoms with van der Waals surface area (Å²) in [4.78, 5) is 15.0. The number of hydrogen-bond acceptors (Lipinski definition) is 3. The minimum absolute atomic E-state index is 0.250. The van der Waals surface area contributed by atoms with Crippen LogP contribution in [0.1, 0.15) is 15.9 Å². The molecule has 0 atom stereocenters. The molecule has 0 aliphatic heterocycles. The number of methoxy groups -OCH3 is 1. The van der Waals surface area contributed by atoms with Crippen molar-refractivity contribution in [1.29, 1.82) is 0 Å². The van der Waals surface area contributed by atoms with E-state index in [0.29, 0.717) is 5.69 Å². The molecule has 0 aliphatic rings. The second-order valence-electron chi connectivity index (χ2n) is 3.89. The third kappa shape index (κ3) is 3.42. The molecule has 2 aromatic carbocycles. The summed E-state index contributed by atoms with van der Waals surface area (Å²) in [6, 6.07) is 13.9. The largest absolute Gasteiger partial charge is 0.497 e. The lowest BCUT2D eigenvalue weighted by atomic mass is 10.2. The van der Waals surface area contributed by atoms with Gasteiger partial charge in [-0.1, -0.05) is 12.1 Å². The summed E-state index contributed by atoms with van der Waals surface area (Å²) < 4.78 is 5.12. The number of nitrogens with zero attached hydrogens (tertiary/aromatic N) is 1. The van der Waals surface area contributed by atoms with Crippen LogP contribution < -0.4 is 4.74 Å². The van der Waals surface area contributed by atoms with Crippen LogP contribution >= 0.6 is 0 Å². The van der Waals surface area contributed by atoms with Crippen molar-refractivity contribution in [2.45, 2.75) is 0 Å². The number of carboxylic acids is 1. The maximum atomic E-state index is 10.7. The molecule has 0 heterocycles. The van der Waals surface area contributed by atoms with Crippen LogP contribution in [0.25, 0.3) is 0 Å². The Morgan fingerprint density at radius 3 is 2.58 bits per heavy atom. The Hall–Kier alpha value is -2.62. The Morgan fingerprint density at radius 2 is 1.95 bits per heavy atom. The molecule has 0 aromatic heterocycles. The second kappa shape index (κ2) is 5.82. The van der Waals surface area contributed by atoms with Crippen molar-refractivity contribution < 1.29 is 14.6 Å². The van der Waals surface area contributed by atoms with Crippen molar-refractivity contribution in [2.75, 3.05) is 7.11 Å². The molecule has 4 heteroatoms. The normalized spacial score (nSPS) is 10.6. The highest BCUT2D eigenvalue weighted by molar-refractivity contribution is 5.88. The van der Waals surface area contributed by atoms with Gasteiger partial charge in [0.2, 0.25) is 0 Å². The van der Waals surface area contributed by atoms with Crippen LogP contribution in [-0.4, -0.2) is 24.4 Å². The summed E-state index contributed by atoms with van der Waals surface area (Å²) in [6.45, 7) is 0. The van der Waals surface area contributed by atoms with Crippen molar-refractivity contribution in [3.8, 4) is 5.75 Å². The van der Waals surface area contributed by atoms with Crippen LogP contribution in [0.2, 0.25) is 0 Å². The highest BCUT2D eigenvalue weighted by Crippen LogP contribution is 2.15. The quantitative estimate of drug-likeness (QED) is 0.854. The van der Waals surface area contributed by atoms with Gasteiger partial charge in [0.05, 0.1) is 18.4 Å². The van der Waals surface area contributed by atoms with Crippen LogP contribution in [-0.2, 0) is 0 Å². The molecule has 0 unspecified atom stereocenters. The van der Waals surface area contributed by atoms with E-state index in [1.807, 2.05) is 24.3 Å².